The number of ether oxygens (including phenoxy) is 1. The lowest BCUT2D eigenvalue weighted by atomic mass is 10.3. The third-order valence-corrected chi connectivity index (χ3v) is 1.59. The number of alkyl halides is 7. The normalized spacial score (nSPS) is 15.0. The highest BCUT2D eigenvalue weighted by Crippen LogP contribution is 2.48. The molecule has 0 atom stereocenters. The Kier molecular flexibility index (Phi) is 2.91. The lowest BCUT2D eigenvalue weighted by Gasteiger charge is -2.29. The van der Waals surface area contributed by atoms with E-state index in [4.69, 9.17) is 0 Å². The molecule has 0 aliphatic carbocycles. The number of hydrogen-bond acceptors (Lipinski definition) is 1. The lowest BCUT2D eigenvalue weighted by molar-refractivity contribution is -0.338. The van der Waals surface area contributed by atoms with Gasteiger partial charge in [-0.1, -0.05) is 11.6 Å². The molecule has 0 fully saturated rings. The van der Waals surface area contributed by atoms with Gasteiger partial charge in [-0.05, 0) is 0 Å². The maximum atomic E-state index is 11.6. The first-order valence-electron chi connectivity index (χ1n) is 2.44. The van der Waals surface area contributed by atoms with Gasteiger partial charge >= 0.3 is 17.4 Å². The van der Waals surface area contributed by atoms with E-state index in [0.29, 0.717) is 0 Å². The standard InChI is InChI=1S/C4H3ClF6O/c1-12-2(5,3(6,7)8)4(9,10)11/h1H3. The van der Waals surface area contributed by atoms with Gasteiger partial charge in [0.2, 0.25) is 0 Å². The van der Waals surface area contributed by atoms with E-state index in [-0.39, 0.29) is 7.11 Å². The van der Waals surface area contributed by atoms with Gasteiger partial charge < -0.3 is 4.74 Å². The minimum absolute atomic E-state index is 0.230. The summed E-state index contributed by atoms with van der Waals surface area (Å²) in [6.07, 6.45) is -11.4. The molecule has 74 valence electrons. The Labute approximate surface area is 68.2 Å². The van der Waals surface area contributed by atoms with E-state index >= 15 is 0 Å². The molecule has 0 radical (unpaired) electrons. The topological polar surface area (TPSA) is 9.23 Å². The fourth-order valence-electron chi connectivity index (χ4n) is 0.392. The summed E-state index contributed by atoms with van der Waals surface area (Å²) in [5.74, 6) is 0. The Morgan fingerprint density at radius 1 is 0.917 bits per heavy atom. The zero-order valence-corrected chi connectivity index (χ0v) is 6.31. The summed E-state index contributed by atoms with van der Waals surface area (Å²) in [6, 6.07) is 0. The molecule has 0 aromatic rings. The molecule has 0 rings (SSSR count). The SMILES string of the molecule is COC(Cl)(C(F)(F)F)C(F)(F)F. The first-order valence-corrected chi connectivity index (χ1v) is 2.81. The van der Waals surface area contributed by atoms with Crippen molar-refractivity contribution in [3.63, 3.8) is 0 Å². The first-order chi connectivity index (χ1) is 5.06. The van der Waals surface area contributed by atoms with Crippen LogP contribution in [0.1, 0.15) is 0 Å². The number of halogens is 7. The van der Waals surface area contributed by atoms with Gasteiger partial charge in [-0.25, -0.2) is 0 Å². The predicted molar refractivity (Wildman–Crippen MR) is 27.7 cm³/mol. The van der Waals surface area contributed by atoms with Gasteiger partial charge in [-0.15, -0.1) is 0 Å². The van der Waals surface area contributed by atoms with Crippen LogP contribution in [0.2, 0.25) is 0 Å². The summed E-state index contributed by atoms with van der Waals surface area (Å²) >= 11 is 4.20. The van der Waals surface area contributed by atoms with Crippen molar-refractivity contribution in [2.75, 3.05) is 7.11 Å². The zero-order chi connectivity index (χ0) is 10.2. The molecule has 0 spiro atoms. The fraction of sp³-hybridized carbons (Fsp3) is 1.00. The molecule has 0 aliphatic rings. The predicted octanol–water partition coefficient (Wildman–Crippen LogP) is 2.69. The second kappa shape index (κ2) is 2.95. The molecule has 0 aromatic carbocycles. The third-order valence-electron chi connectivity index (χ3n) is 1.01. The summed E-state index contributed by atoms with van der Waals surface area (Å²) in [6.45, 7) is 0. The molecule has 8 heteroatoms. The number of hydrogen-bond donors (Lipinski definition) is 0. The van der Waals surface area contributed by atoms with Crippen LogP contribution in [0.3, 0.4) is 0 Å². The van der Waals surface area contributed by atoms with Crippen LogP contribution in [0.25, 0.3) is 0 Å². The van der Waals surface area contributed by atoms with E-state index in [0.717, 1.165) is 0 Å². The molecule has 1 nitrogen and oxygen atoms in total. The molecule has 12 heavy (non-hydrogen) atoms. The van der Waals surface area contributed by atoms with Gasteiger partial charge in [-0.3, -0.25) is 0 Å². The lowest BCUT2D eigenvalue weighted by Crippen LogP contribution is -2.53. The molecule has 0 N–H and O–H groups in total. The maximum absolute atomic E-state index is 11.6. The molecule has 0 heterocycles. The van der Waals surface area contributed by atoms with Crippen LogP contribution in [-0.2, 0) is 4.74 Å². The van der Waals surface area contributed by atoms with E-state index in [2.05, 4.69) is 16.3 Å². The molecule has 0 amide bonds. The smallest absolute Gasteiger partial charge is 0.348 e. The quantitative estimate of drug-likeness (QED) is 0.484. The molecular weight excluding hydrogens is 213 g/mol. The van der Waals surface area contributed by atoms with Crippen molar-refractivity contribution in [3.8, 4) is 0 Å². The van der Waals surface area contributed by atoms with Gasteiger partial charge in [0.05, 0.1) is 0 Å². The molecule has 0 saturated carbocycles. The van der Waals surface area contributed by atoms with E-state index in [9.17, 15) is 26.3 Å². The summed E-state index contributed by atoms with van der Waals surface area (Å²) in [7, 11) is 0.230. The van der Waals surface area contributed by atoms with Gasteiger partial charge in [0.25, 0.3) is 0 Å². The van der Waals surface area contributed by atoms with Crippen LogP contribution in [0.15, 0.2) is 0 Å². The average Bonchev–Trinajstić information content (AvgIpc) is 1.81. The van der Waals surface area contributed by atoms with Crippen molar-refractivity contribution in [2.24, 2.45) is 0 Å². The van der Waals surface area contributed by atoms with Crippen molar-refractivity contribution in [2.45, 2.75) is 17.4 Å². The van der Waals surface area contributed by atoms with Crippen molar-refractivity contribution < 1.29 is 31.1 Å². The second-order valence-electron chi connectivity index (χ2n) is 1.79. The van der Waals surface area contributed by atoms with E-state index < -0.39 is 17.4 Å². The third kappa shape index (κ3) is 1.77. The highest BCUT2D eigenvalue weighted by molar-refractivity contribution is 6.24. The monoisotopic (exact) mass is 216 g/mol. The van der Waals surface area contributed by atoms with Gasteiger partial charge in [0, 0.05) is 7.11 Å². The van der Waals surface area contributed by atoms with Crippen molar-refractivity contribution >= 4 is 11.6 Å². The van der Waals surface area contributed by atoms with E-state index in [1.165, 1.54) is 0 Å². The summed E-state index contributed by atoms with van der Waals surface area (Å²) in [5.41, 5.74) is 0. The average molecular weight is 217 g/mol. The minimum Gasteiger partial charge on any atom is -0.348 e. The maximum Gasteiger partial charge on any atom is 0.441 e. The van der Waals surface area contributed by atoms with Crippen molar-refractivity contribution in [1.29, 1.82) is 0 Å². The van der Waals surface area contributed by atoms with Gasteiger partial charge in [-0.2, -0.15) is 26.3 Å². The molecule has 0 saturated heterocycles. The van der Waals surface area contributed by atoms with Crippen LogP contribution in [-0.4, -0.2) is 24.5 Å². The number of rotatable bonds is 1. The zero-order valence-electron chi connectivity index (χ0n) is 5.55. The van der Waals surface area contributed by atoms with E-state index in [1.54, 1.807) is 0 Å². The van der Waals surface area contributed by atoms with Crippen molar-refractivity contribution in [1.82, 2.24) is 0 Å². The largest absolute Gasteiger partial charge is 0.441 e. The van der Waals surface area contributed by atoms with Gasteiger partial charge in [0.1, 0.15) is 0 Å². The Hall–Kier alpha value is -0.170. The molecular formula is C4H3ClF6O. The first kappa shape index (κ1) is 11.8. The van der Waals surface area contributed by atoms with Crippen LogP contribution in [0, 0.1) is 0 Å². The van der Waals surface area contributed by atoms with Crippen molar-refractivity contribution in [3.05, 3.63) is 0 Å². The molecule has 0 unspecified atom stereocenters. The summed E-state index contributed by atoms with van der Waals surface area (Å²) < 4.78 is 72.9. The van der Waals surface area contributed by atoms with Crippen LogP contribution < -0.4 is 0 Å². The Balaban J connectivity index is 4.95. The fourth-order valence-corrected chi connectivity index (χ4v) is 0.392. The highest BCUT2D eigenvalue weighted by atomic mass is 35.5. The van der Waals surface area contributed by atoms with Crippen LogP contribution in [0.5, 0.6) is 0 Å². The Bertz CT molecular complexity index is 146. The molecule has 0 bridgehead atoms. The van der Waals surface area contributed by atoms with Crippen LogP contribution in [0.4, 0.5) is 26.3 Å². The van der Waals surface area contributed by atoms with Crippen LogP contribution >= 0.6 is 11.6 Å². The Morgan fingerprint density at radius 2 is 1.17 bits per heavy atom. The second-order valence-corrected chi connectivity index (χ2v) is 2.33. The highest BCUT2D eigenvalue weighted by Gasteiger charge is 2.71. The number of methoxy groups -OCH3 is 1. The summed E-state index contributed by atoms with van der Waals surface area (Å²) in [4.78, 5) is 0. The molecule has 0 aromatic heterocycles. The van der Waals surface area contributed by atoms with Gasteiger partial charge in [0.15, 0.2) is 0 Å². The van der Waals surface area contributed by atoms with E-state index in [1.807, 2.05) is 0 Å². The summed E-state index contributed by atoms with van der Waals surface area (Å²) in [5, 5.41) is -4.61. The Morgan fingerprint density at radius 3 is 1.17 bits per heavy atom. The molecule has 0 aliphatic heterocycles. The minimum atomic E-state index is -5.69.